The predicted molar refractivity (Wildman–Crippen MR) is 82.5 cm³/mol. The molecule has 3 nitrogen and oxygen atoms in total. The largest absolute Gasteiger partial charge is 0.238 e. The molecule has 0 N–H and O–H groups in total. The second-order valence-corrected chi connectivity index (χ2v) is 5.55. The third-order valence-corrected chi connectivity index (χ3v) is 3.97. The molecule has 0 aromatic heterocycles. The van der Waals surface area contributed by atoms with Crippen LogP contribution in [-0.2, 0) is 11.0 Å². The van der Waals surface area contributed by atoms with Gasteiger partial charge in [-0.3, -0.25) is 0 Å². The highest BCUT2D eigenvalue weighted by Gasteiger charge is 2.04. The van der Waals surface area contributed by atoms with Gasteiger partial charge in [0, 0.05) is 0 Å². The lowest BCUT2D eigenvalue weighted by Gasteiger charge is -2.02. The monoisotopic (exact) mass is 282 g/mol. The van der Waals surface area contributed by atoms with E-state index >= 15 is 0 Å². The minimum absolute atomic E-state index is 0.584. The van der Waals surface area contributed by atoms with E-state index in [-0.39, 0.29) is 0 Å². The molecule has 0 aliphatic heterocycles. The van der Waals surface area contributed by atoms with E-state index in [1.165, 1.54) is 0 Å². The molecule has 2 rings (SSSR count). The van der Waals surface area contributed by atoms with Gasteiger partial charge in [-0.25, -0.2) is 9.05 Å². The lowest BCUT2D eigenvalue weighted by Crippen LogP contribution is -1.97. The quantitative estimate of drug-likeness (QED) is 0.617. The van der Waals surface area contributed by atoms with Crippen LogP contribution in [0.1, 0.15) is 18.1 Å². The Morgan fingerprint density at radius 2 is 1.70 bits per heavy atom. The Kier molecular flexibility index (Phi) is 4.44. The Labute approximate surface area is 121 Å². The summed E-state index contributed by atoms with van der Waals surface area (Å²) in [5, 5.41) is 0. The zero-order valence-corrected chi connectivity index (χ0v) is 12.1. The van der Waals surface area contributed by atoms with E-state index in [2.05, 4.69) is 9.24 Å². The summed E-state index contributed by atoms with van der Waals surface area (Å²) in [5.74, 6) is 0. The van der Waals surface area contributed by atoms with E-state index in [1.54, 1.807) is 12.1 Å². The van der Waals surface area contributed by atoms with Crippen LogP contribution >= 0.6 is 0 Å². The van der Waals surface area contributed by atoms with Crippen molar-refractivity contribution in [2.45, 2.75) is 18.7 Å². The van der Waals surface area contributed by atoms with Gasteiger partial charge in [-0.2, -0.15) is 4.40 Å². The predicted octanol–water partition coefficient (Wildman–Crippen LogP) is 4.08. The van der Waals surface area contributed by atoms with Gasteiger partial charge in [-0.1, -0.05) is 42.0 Å². The molecule has 0 saturated heterocycles. The summed E-state index contributed by atoms with van der Waals surface area (Å²) in [4.78, 5) is 4.03. The first kappa shape index (κ1) is 14.2. The molecule has 1 atom stereocenters. The first-order chi connectivity index (χ1) is 9.60. The molecule has 100 valence electrons. The van der Waals surface area contributed by atoms with Crippen LogP contribution in [-0.4, -0.2) is 9.92 Å². The molecule has 1 unspecified atom stereocenters. The molecule has 4 heteroatoms. The Morgan fingerprint density at radius 1 is 1.10 bits per heavy atom. The van der Waals surface area contributed by atoms with Gasteiger partial charge in [0.15, 0.2) is 16.7 Å². The third kappa shape index (κ3) is 3.40. The standard InChI is InChI=1S/C16H14N2OS/c1-12-4-10-16(11-5-12)20(19)18-13(2)14-6-8-15(17-3)9-7-14/h4-11H,1-2H3/b18-13+. The number of hydrogen-bond acceptors (Lipinski definition) is 1. The highest BCUT2D eigenvalue weighted by Crippen LogP contribution is 2.15. The smallest absolute Gasteiger partial charge is 0.187 e. The van der Waals surface area contributed by atoms with Crippen molar-refractivity contribution in [2.75, 3.05) is 0 Å². The molecule has 0 spiro atoms. The summed E-state index contributed by atoms with van der Waals surface area (Å²) < 4.78 is 16.4. The van der Waals surface area contributed by atoms with Gasteiger partial charge in [0.2, 0.25) is 0 Å². The normalized spacial score (nSPS) is 12.8. The van der Waals surface area contributed by atoms with Crippen LogP contribution in [0.5, 0.6) is 0 Å². The number of aryl methyl sites for hydroxylation is 1. The van der Waals surface area contributed by atoms with Crippen molar-refractivity contribution in [1.29, 1.82) is 0 Å². The number of benzene rings is 2. The molecule has 0 aliphatic rings. The van der Waals surface area contributed by atoms with Gasteiger partial charge >= 0.3 is 0 Å². The minimum atomic E-state index is -1.40. The van der Waals surface area contributed by atoms with Crippen molar-refractivity contribution in [3.63, 3.8) is 0 Å². The first-order valence-electron chi connectivity index (χ1n) is 6.12. The number of rotatable bonds is 3. The van der Waals surface area contributed by atoms with Crippen LogP contribution in [0.4, 0.5) is 5.69 Å². The average molecular weight is 282 g/mol. The van der Waals surface area contributed by atoms with Gasteiger partial charge in [0.25, 0.3) is 0 Å². The van der Waals surface area contributed by atoms with Crippen molar-refractivity contribution in [3.05, 3.63) is 71.1 Å². The molecule has 20 heavy (non-hydrogen) atoms. The van der Waals surface area contributed by atoms with Gasteiger partial charge in [0.05, 0.1) is 17.2 Å². The average Bonchev–Trinajstić information content (AvgIpc) is 2.48. The first-order valence-corrected chi connectivity index (χ1v) is 7.22. The van der Waals surface area contributed by atoms with E-state index in [9.17, 15) is 4.21 Å². The van der Waals surface area contributed by atoms with E-state index < -0.39 is 11.0 Å². The van der Waals surface area contributed by atoms with Crippen molar-refractivity contribution in [1.82, 2.24) is 0 Å². The maximum Gasteiger partial charge on any atom is 0.187 e. The zero-order valence-electron chi connectivity index (χ0n) is 11.3. The summed E-state index contributed by atoms with van der Waals surface area (Å²) in [6.45, 7) is 10.7. The molecule has 0 fully saturated rings. The maximum atomic E-state index is 12.1. The summed E-state index contributed by atoms with van der Waals surface area (Å²) in [6, 6.07) is 14.6. The summed E-state index contributed by atoms with van der Waals surface area (Å²) >= 11 is 0. The maximum absolute atomic E-state index is 12.1. The van der Waals surface area contributed by atoms with Gasteiger partial charge < -0.3 is 0 Å². The van der Waals surface area contributed by atoms with Crippen molar-refractivity contribution < 1.29 is 4.21 Å². The van der Waals surface area contributed by atoms with Crippen LogP contribution in [0.2, 0.25) is 0 Å². The number of hydrogen-bond donors (Lipinski definition) is 0. The molecular formula is C16H14N2OS. The van der Waals surface area contributed by atoms with Crippen molar-refractivity contribution in [3.8, 4) is 0 Å². The van der Waals surface area contributed by atoms with Crippen LogP contribution in [0, 0.1) is 13.5 Å². The van der Waals surface area contributed by atoms with E-state index in [4.69, 9.17) is 6.57 Å². The fourth-order valence-corrected chi connectivity index (χ4v) is 2.49. The lowest BCUT2D eigenvalue weighted by molar-refractivity contribution is 0.684. The van der Waals surface area contributed by atoms with E-state index in [1.807, 2.05) is 50.2 Å². The van der Waals surface area contributed by atoms with E-state index in [0.29, 0.717) is 16.3 Å². The minimum Gasteiger partial charge on any atom is -0.238 e. The van der Waals surface area contributed by atoms with Crippen LogP contribution in [0.25, 0.3) is 4.85 Å². The molecule has 2 aromatic rings. The van der Waals surface area contributed by atoms with Gasteiger partial charge in [0.1, 0.15) is 0 Å². The fraction of sp³-hybridized carbons (Fsp3) is 0.125. The Morgan fingerprint density at radius 3 is 2.25 bits per heavy atom. The summed E-state index contributed by atoms with van der Waals surface area (Å²) in [7, 11) is -1.40. The third-order valence-electron chi connectivity index (χ3n) is 2.86. The SMILES string of the molecule is [C-]#[N+]c1ccc(/C(C)=N/S(=O)c2ccc(C)cc2)cc1. The molecule has 2 aromatic carbocycles. The molecular weight excluding hydrogens is 268 g/mol. The van der Waals surface area contributed by atoms with Crippen LogP contribution in [0.3, 0.4) is 0 Å². The second-order valence-electron chi connectivity index (χ2n) is 4.40. The summed E-state index contributed by atoms with van der Waals surface area (Å²) in [6.07, 6.45) is 0. The molecule has 0 heterocycles. The fourth-order valence-electron chi connectivity index (χ4n) is 1.66. The van der Waals surface area contributed by atoms with Crippen molar-refractivity contribution in [2.24, 2.45) is 4.40 Å². The van der Waals surface area contributed by atoms with E-state index in [0.717, 1.165) is 11.1 Å². The van der Waals surface area contributed by atoms with Crippen LogP contribution < -0.4 is 0 Å². The molecule has 0 bridgehead atoms. The topological polar surface area (TPSA) is 33.8 Å². The highest BCUT2D eigenvalue weighted by molar-refractivity contribution is 7.83. The highest BCUT2D eigenvalue weighted by atomic mass is 32.2. The van der Waals surface area contributed by atoms with Crippen LogP contribution in [0.15, 0.2) is 57.8 Å². The second kappa shape index (κ2) is 6.27. The summed E-state index contributed by atoms with van der Waals surface area (Å²) in [5.41, 5.74) is 3.28. The molecule has 0 amide bonds. The molecule has 0 saturated carbocycles. The molecule has 0 radical (unpaired) electrons. The Bertz CT molecular complexity index is 695. The molecule has 0 aliphatic carbocycles. The zero-order chi connectivity index (χ0) is 14.5. The van der Waals surface area contributed by atoms with Crippen molar-refractivity contribution >= 4 is 22.4 Å². The van der Waals surface area contributed by atoms with Gasteiger partial charge in [-0.15, -0.1) is 0 Å². The Hall–Kier alpha value is -2.25. The lowest BCUT2D eigenvalue weighted by atomic mass is 10.1. The van der Waals surface area contributed by atoms with Gasteiger partial charge in [-0.05, 0) is 31.5 Å². The Balaban J connectivity index is 2.22. The number of nitrogens with zero attached hydrogens (tertiary/aromatic N) is 2.